The maximum Gasteiger partial charge on any atom is 0.251 e. The van der Waals surface area contributed by atoms with Gasteiger partial charge in [0, 0.05) is 18.3 Å². The third-order valence-corrected chi connectivity index (χ3v) is 4.75. The van der Waals surface area contributed by atoms with Crippen LogP contribution in [-0.2, 0) is 0 Å². The van der Waals surface area contributed by atoms with E-state index < -0.39 is 6.10 Å². The number of carbonyl (C=O) groups is 1. The van der Waals surface area contributed by atoms with E-state index in [9.17, 15) is 9.90 Å². The minimum absolute atomic E-state index is 0.231. The number of nitrogens with zero attached hydrogens (tertiary/aromatic N) is 1. The number of pyridine rings is 1. The first-order chi connectivity index (χ1) is 13.7. The lowest BCUT2D eigenvalue weighted by Gasteiger charge is -2.35. The van der Waals surface area contributed by atoms with E-state index in [1.165, 1.54) is 0 Å². The number of benzene rings is 1. The van der Waals surface area contributed by atoms with Gasteiger partial charge in [-0.05, 0) is 56.6 Å². The van der Waals surface area contributed by atoms with Gasteiger partial charge < -0.3 is 25.2 Å². The van der Waals surface area contributed by atoms with Crippen molar-refractivity contribution in [3.05, 3.63) is 54.4 Å². The summed E-state index contributed by atoms with van der Waals surface area (Å²) in [6, 6.07) is 10.3. The molecule has 1 aromatic heterocycles. The summed E-state index contributed by atoms with van der Waals surface area (Å²) in [7, 11) is 1.86. The molecule has 1 amide bonds. The molecule has 28 heavy (non-hydrogen) atoms. The number of likely N-dealkylation sites (N-methyl/N-ethyl adjacent to an activating group) is 1. The first-order valence-corrected chi connectivity index (χ1v) is 9.60. The van der Waals surface area contributed by atoms with Gasteiger partial charge in [0.1, 0.15) is 30.3 Å². The molecule has 150 valence electrons. The van der Waals surface area contributed by atoms with Crippen molar-refractivity contribution in [3.8, 4) is 11.5 Å². The van der Waals surface area contributed by atoms with Gasteiger partial charge in [-0.25, -0.2) is 0 Å². The van der Waals surface area contributed by atoms with Crippen LogP contribution < -0.4 is 20.1 Å². The fourth-order valence-electron chi connectivity index (χ4n) is 3.27. The number of nitrogens with one attached hydrogen (secondary N) is 2. The van der Waals surface area contributed by atoms with Crippen LogP contribution >= 0.6 is 0 Å². The van der Waals surface area contributed by atoms with Gasteiger partial charge in [-0.2, -0.15) is 0 Å². The Morgan fingerprint density at radius 1 is 1.25 bits per heavy atom. The zero-order chi connectivity index (χ0) is 19.8. The zero-order valence-electron chi connectivity index (χ0n) is 16.0. The monoisotopic (exact) mass is 385 g/mol. The lowest BCUT2D eigenvalue weighted by Crippen LogP contribution is -2.52. The summed E-state index contributed by atoms with van der Waals surface area (Å²) >= 11 is 0. The quantitative estimate of drug-likeness (QED) is 0.600. The smallest absolute Gasteiger partial charge is 0.251 e. The van der Waals surface area contributed by atoms with Gasteiger partial charge in [-0.1, -0.05) is 6.07 Å². The molecule has 1 aromatic carbocycles. The van der Waals surface area contributed by atoms with Crippen LogP contribution in [0.4, 0.5) is 0 Å². The number of amides is 1. The maximum absolute atomic E-state index is 12.7. The molecule has 0 saturated heterocycles. The van der Waals surface area contributed by atoms with Gasteiger partial charge in [0.15, 0.2) is 0 Å². The number of aromatic nitrogens is 1. The first-order valence-electron chi connectivity index (χ1n) is 9.60. The Hall–Kier alpha value is -2.64. The second-order valence-electron chi connectivity index (χ2n) is 6.83. The minimum atomic E-state index is -0.784. The predicted molar refractivity (Wildman–Crippen MR) is 106 cm³/mol. The number of carbonyl (C=O) groups excluding carboxylic acids is 1. The standard InChI is InChI=1S/C21H27N3O4/c1-22-11-12-27-16-6-2-5-15(13-16)21(26)24-18-8-3-9-19(20(18)25)28-17-7-4-10-23-14-17/h2,4-7,10,13-14,18-20,22,25H,3,8-9,11-12H2,1H3,(H,24,26)/t18-,19-,20-/m1/s1. The van der Waals surface area contributed by atoms with Crippen LogP contribution in [-0.4, -0.2) is 54.4 Å². The molecule has 3 N–H and O–H groups in total. The van der Waals surface area contributed by atoms with E-state index in [0.29, 0.717) is 30.1 Å². The van der Waals surface area contributed by atoms with Crippen LogP contribution in [0.1, 0.15) is 29.6 Å². The van der Waals surface area contributed by atoms with Crippen molar-refractivity contribution in [2.24, 2.45) is 0 Å². The molecule has 7 heteroatoms. The number of aliphatic hydroxyl groups is 1. The van der Waals surface area contributed by atoms with E-state index in [1.807, 2.05) is 19.2 Å². The molecule has 3 rings (SSSR count). The van der Waals surface area contributed by atoms with Crippen molar-refractivity contribution in [3.63, 3.8) is 0 Å². The summed E-state index contributed by atoms with van der Waals surface area (Å²) in [6.07, 6.45) is 4.43. The zero-order valence-corrected chi connectivity index (χ0v) is 16.0. The first kappa shape index (κ1) is 20.1. The molecule has 0 bridgehead atoms. The van der Waals surface area contributed by atoms with Crippen LogP contribution in [0.3, 0.4) is 0 Å². The number of ether oxygens (including phenoxy) is 2. The highest BCUT2D eigenvalue weighted by atomic mass is 16.5. The van der Waals surface area contributed by atoms with E-state index in [2.05, 4.69) is 15.6 Å². The molecule has 0 spiro atoms. The van der Waals surface area contributed by atoms with Crippen LogP contribution in [0, 0.1) is 0 Å². The molecule has 1 fully saturated rings. The highest BCUT2D eigenvalue weighted by Crippen LogP contribution is 2.24. The highest BCUT2D eigenvalue weighted by molar-refractivity contribution is 5.94. The average Bonchev–Trinajstić information content (AvgIpc) is 2.72. The molecular weight excluding hydrogens is 358 g/mol. The van der Waals surface area contributed by atoms with Crippen LogP contribution in [0.25, 0.3) is 0 Å². The molecule has 3 atom stereocenters. The Morgan fingerprint density at radius 2 is 2.11 bits per heavy atom. The topological polar surface area (TPSA) is 92.7 Å². The molecule has 2 aromatic rings. The van der Waals surface area contributed by atoms with Crippen molar-refractivity contribution in [1.82, 2.24) is 15.6 Å². The Kier molecular flexibility index (Phi) is 7.22. The normalized spacial score (nSPS) is 21.7. The second kappa shape index (κ2) is 10.1. The summed E-state index contributed by atoms with van der Waals surface area (Å²) in [6.45, 7) is 1.25. The number of aliphatic hydroxyl groups excluding tert-OH is 1. The number of hydrogen-bond donors (Lipinski definition) is 3. The fourth-order valence-corrected chi connectivity index (χ4v) is 3.27. The van der Waals surface area contributed by atoms with Gasteiger partial charge in [-0.3, -0.25) is 9.78 Å². The Labute approximate surface area is 165 Å². The third-order valence-electron chi connectivity index (χ3n) is 4.75. The van der Waals surface area contributed by atoms with Crippen molar-refractivity contribution in [1.29, 1.82) is 0 Å². The lowest BCUT2D eigenvalue weighted by atomic mass is 9.89. The molecule has 1 aliphatic rings. The minimum Gasteiger partial charge on any atom is -0.492 e. The largest absolute Gasteiger partial charge is 0.492 e. The molecule has 0 unspecified atom stereocenters. The SMILES string of the molecule is CNCCOc1cccc(C(=O)N[C@@H]2CCC[C@@H](Oc3cccnc3)[C@@H]2O)c1. The maximum atomic E-state index is 12.7. The Balaban J connectivity index is 1.59. The van der Waals surface area contributed by atoms with Gasteiger partial charge in [0.05, 0.1) is 12.2 Å². The summed E-state index contributed by atoms with van der Waals surface area (Å²) < 4.78 is 11.5. The molecule has 0 radical (unpaired) electrons. The van der Waals surface area contributed by atoms with Crippen molar-refractivity contribution >= 4 is 5.91 Å². The second-order valence-corrected chi connectivity index (χ2v) is 6.83. The van der Waals surface area contributed by atoms with Gasteiger partial charge >= 0.3 is 0 Å². The Morgan fingerprint density at radius 3 is 2.89 bits per heavy atom. The van der Waals surface area contributed by atoms with Crippen molar-refractivity contribution < 1.29 is 19.4 Å². The third kappa shape index (κ3) is 5.43. The van der Waals surface area contributed by atoms with E-state index in [1.54, 1.807) is 36.7 Å². The summed E-state index contributed by atoms with van der Waals surface area (Å²) in [5, 5.41) is 16.6. The van der Waals surface area contributed by atoms with Crippen molar-refractivity contribution in [2.45, 2.75) is 37.5 Å². The summed E-state index contributed by atoms with van der Waals surface area (Å²) in [5.74, 6) is 1.03. The number of rotatable bonds is 8. The van der Waals surface area contributed by atoms with E-state index in [-0.39, 0.29) is 18.1 Å². The summed E-state index contributed by atoms with van der Waals surface area (Å²) in [5.41, 5.74) is 0.504. The van der Waals surface area contributed by atoms with Gasteiger partial charge in [0.2, 0.25) is 0 Å². The van der Waals surface area contributed by atoms with Gasteiger partial charge in [-0.15, -0.1) is 0 Å². The average molecular weight is 385 g/mol. The molecule has 7 nitrogen and oxygen atoms in total. The predicted octanol–water partition coefficient (Wildman–Crippen LogP) is 1.77. The van der Waals surface area contributed by atoms with Gasteiger partial charge in [0.25, 0.3) is 5.91 Å². The Bertz CT molecular complexity index is 756. The van der Waals surface area contributed by atoms with Crippen molar-refractivity contribution in [2.75, 3.05) is 20.2 Å². The molecule has 1 aliphatic carbocycles. The molecule has 1 saturated carbocycles. The number of hydrogen-bond acceptors (Lipinski definition) is 6. The van der Waals surface area contributed by atoms with E-state index in [0.717, 1.165) is 19.4 Å². The summed E-state index contributed by atoms with van der Waals surface area (Å²) in [4.78, 5) is 16.7. The highest BCUT2D eigenvalue weighted by Gasteiger charge is 2.34. The molecule has 1 heterocycles. The van der Waals surface area contributed by atoms with Crippen LogP contribution in [0.2, 0.25) is 0 Å². The van der Waals surface area contributed by atoms with E-state index in [4.69, 9.17) is 9.47 Å². The van der Waals surface area contributed by atoms with E-state index >= 15 is 0 Å². The van der Waals surface area contributed by atoms with Crippen LogP contribution in [0.15, 0.2) is 48.8 Å². The van der Waals surface area contributed by atoms with Crippen LogP contribution in [0.5, 0.6) is 11.5 Å². The fraction of sp³-hybridized carbons (Fsp3) is 0.429. The lowest BCUT2D eigenvalue weighted by molar-refractivity contribution is -0.0142. The molecule has 0 aliphatic heterocycles. The molecular formula is C21H27N3O4.